The Labute approximate surface area is 91.1 Å². The van der Waals surface area contributed by atoms with E-state index in [4.69, 9.17) is 5.73 Å². The van der Waals surface area contributed by atoms with Gasteiger partial charge in [-0.15, -0.1) is 0 Å². The summed E-state index contributed by atoms with van der Waals surface area (Å²) in [6.45, 7) is 9.27. The molecule has 4 nitrogen and oxygen atoms in total. The molecule has 2 N–H and O–H groups in total. The molecule has 1 fully saturated rings. The third-order valence-electron chi connectivity index (χ3n) is 3.04. The molecule has 1 saturated heterocycles. The number of rotatable bonds is 4. The quantitative estimate of drug-likeness (QED) is 0.788. The lowest BCUT2D eigenvalue weighted by Gasteiger charge is -2.38. The van der Waals surface area contributed by atoms with Crippen LogP contribution in [0.2, 0.25) is 0 Å². The van der Waals surface area contributed by atoms with Crippen molar-refractivity contribution in [3.05, 3.63) is 17.5 Å². The molecule has 0 atom stereocenters. The maximum absolute atomic E-state index is 5.61. The molecular formula is C11H20N4. The standard InChI is InChI=1S/C11H20N4/c1-3-15-11(4-9(2)13-15)8-14-6-10(5-12)7-14/h4,10H,3,5-8,12H2,1-2H3. The highest BCUT2D eigenvalue weighted by Crippen LogP contribution is 2.17. The van der Waals surface area contributed by atoms with Gasteiger partial charge in [-0.25, -0.2) is 0 Å². The molecule has 1 aliphatic rings. The van der Waals surface area contributed by atoms with Gasteiger partial charge >= 0.3 is 0 Å². The van der Waals surface area contributed by atoms with E-state index >= 15 is 0 Å². The Kier molecular flexibility index (Phi) is 3.07. The summed E-state index contributed by atoms with van der Waals surface area (Å²) in [7, 11) is 0. The van der Waals surface area contributed by atoms with Crippen molar-refractivity contribution in [2.75, 3.05) is 19.6 Å². The SMILES string of the molecule is CCn1nc(C)cc1CN1CC(CN)C1. The summed E-state index contributed by atoms with van der Waals surface area (Å²) in [5.74, 6) is 0.712. The second-order valence-corrected chi connectivity index (χ2v) is 4.39. The van der Waals surface area contributed by atoms with Crippen molar-refractivity contribution in [1.82, 2.24) is 14.7 Å². The molecule has 0 radical (unpaired) electrons. The van der Waals surface area contributed by atoms with E-state index < -0.39 is 0 Å². The molecule has 0 aliphatic carbocycles. The van der Waals surface area contributed by atoms with Crippen LogP contribution in [0.4, 0.5) is 0 Å². The molecule has 0 aromatic carbocycles. The Bertz CT molecular complexity index is 325. The van der Waals surface area contributed by atoms with Crippen molar-refractivity contribution in [1.29, 1.82) is 0 Å². The molecule has 0 bridgehead atoms. The molecule has 0 spiro atoms. The van der Waals surface area contributed by atoms with Gasteiger partial charge in [0.25, 0.3) is 0 Å². The van der Waals surface area contributed by atoms with E-state index in [0.29, 0.717) is 5.92 Å². The predicted molar refractivity (Wildman–Crippen MR) is 60.5 cm³/mol. The molecule has 1 aliphatic heterocycles. The lowest BCUT2D eigenvalue weighted by Crippen LogP contribution is -2.49. The van der Waals surface area contributed by atoms with Crippen molar-refractivity contribution in [3.63, 3.8) is 0 Å². The molecule has 1 aromatic heterocycles. The minimum absolute atomic E-state index is 0.712. The summed E-state index contributed by atoms with van der Waals surface area (Å²) >= 11 is 0. The molecular weight excluding hydrogens is 188 g/mol. The van der Waals surface area contributed by atoms with Crippen LogP contribution in [0.15, 0.2) is 6.07 Å². The van der Waals surface area contributed by atoms with Gasteiger partial charge in [-0.05, 0) is 32.4 Å². The first-order valence-corrected chi connectivity index (χ1v) is 5.68. The topological polar surface area (TPSA) is 47.1 Å². The Morgan fingerprint density at radius 1 is 1.53 bits per heavy atom. The smallest absolute Gasteiger partial charge is 0.0597 e. The number of aromatic nitrogens is 2. The molecule has 0 amide bonds. The van der Waals surface area contributed by atoms with E-state index in [1.54, 1.807) is 0 Å². The lowest BCUT2D eigenvalue weighted by molar-refractivity contribution is 0.0947. The van der Waals surface area contributed by atoms with Crippen LogP contribution in [-0.2, 0) is 13.1 Å². The van der Waals surface area contributed by atoms with Gasteiger partial charge in [0.05, 0.1) is 11.4 Å². The van der Waals surface area contributed by atoms with Crippen LogP contribution < -0.4 is 5.73 Å². The van der Waals surface area contributed by atoms with Crippen LogP contribution in [0, 0.1) is 12.8 Å². The van der Waals surface area contributed by atoms with Gasteiger partial charge in [0, 0.05) is 26.2 Å². The van der Waals surface area contributed by atoms with Crippen LogP contribution in [-0.4, -0.2) is 34.3 Å². The summed E-state index contributed by atoms with van der Waals surface area (Å²) in [5.41, 5.74) is 8.04. The predicted octanol–water partition coefficient (Wildman–Crippen LogP) is 0.602. The maximum Gasteiger partial charge on any atom is 0.0597 e. The highest BCUT2D eigenvalue weighted by molar-refractivity contribution is 5.09. The highest BCUT2D eigenvalue weighted by atomic mass is 15.3. The van der Waals surface area contributed by atoms with Gasteiger partial charge in [-0.3, -0.25) is 9.58 Å². The first-order chi connectivity index (χ1) is 7.22. The van der Waals surface area contributed by atoms with E-state index in [1.807, 2.05) is 0 Å². The molecule has 0 saturated carbocycles. The molecule has 2 heterocycles. The Hall–Kier alpha value is -0.870. The fourth-order valence-electron chi connectivity index (χ4n) is 2.18. The lowest BCUT2D eigenvalue weighted by atomic mass is 10.0. The number of hydrogen-bond donors (Lipinski definition) is 1. The van der Waals surface area contributed by atoms with Crippen LogP contribution >= 0.6 is 0 Å². The third-order valence-corrected chi connectivity index (χ3v) is 3.04. The van der Waals surface area contributed by atoms with Crippen molar-refractivity contribution in [2.24, 2.45) is 11.7 Å². The largest absolute Gasteiger partial charge is 0.330 e. The van der Waals surface area contributed by atoms with E-state index in [2.05, 4.69) is 34.6 Å². The Morgan fingerprint density at radius 3 is 2.87 bits per heavy atom. The summed E-state index contributed by atoms with van der Waals surface area (Å²) < 4.78 is 2.09. The number of nitrogens with zero attached hydrogens (tertiary/aromatic N) is 3. The van der Waals surface area contributed by atoms with Crippen molar-refractivity contribution in [3.8, 4) is 0 Å². The molecule has 0 unspecified atom stereocenters. The number of hydrogen-bond acceptors (Lipinski definition) is 3. The Morgan fingerprint density at radius 2 is 2.27 bits per heavy atom. The average Bonchev–Trinajstić information content (AvgIpc) is 2.51. The van der Waals surface area contributed by atoms with Gasteiger partial charge < -0.3 is 5.73 Å². The Balaban J connectivity index is 1.93. The fourth-order valence-corrected chi connectivity index (χ4v) is 2.18. The monoisotopic (exact) mass is 208 g/mol. The van der Waals surface area contributed by atoms with E-state index in [0.717, 1.165) is 38.4 Å². The third kappa shape index (κ3) is 2.21. The van der Waals surface area contributed by atoms with Crippen molar-refractivity contribution in [2.45, 2.75) is 26.9 Å². The van der Waals surface area contributed by atoms with E-state index in [-0.39, 0.29) is 0 Å². The van der Waals surface area contributed by atoms with Gasteiger partial charge in [-0.1, -0.05) is 0 Å². The zero-order valence-electron chi connectivity index (χ0n) is 9.61. The van der Waals surface area contributed by atoms with Crippen LogP contribution in [0.1, 0.15) is 18.3 Å². The zero-order valence-corrected chi connectivity index (χ0v) is 9.61. The van der Waals surface area contributed by atoms with Gasteiger partial charge in [0.2, 0.25) is 0 Å². The van der Waals surface area contributed by atoms with Gasteiger partial charge in [0.1, 0.15) is 0 Å². The van der Waals surface area contributed by atoms with Crippen LogP contribution in [0.5, 0.6) is 0 Å². The minimum atomic E-state index is 0.712. The molecule has 2 rings (SSSR count). The maximum atomic E-state index is 5.61. The second-order valence-electron chi connectivity index (χ2n) is 4.39. The van der Waals surface area contributed by atoms with Crippen molar-refractivity contribution < 1.29 is 0 Å². The summed E-state index contributed by atoms with van der Waals surface area (Å²) in [6, 6.07) is 2.18. The van der Waals surface area contributed by atoms with Crippen molar-refractivity contribution >= 4 is 0 Å². The van der Waals surface area contributed by atoms with Crippen LogP contribution in [0.3, 0.4) is 0 Å². The molecule has 4 heteroatoms. The normalized spacial score (nSPS) is 18.1. The van der Waals surface area contributed by atoms with E-state index in [9.17, 15) is 0 Å². The fraction of sp³-hybridized carbons (Fsp3) is 0.727. The minimum Gasteiger partial charge on any atom is -0.330 e. The number of aryl methyl sites for hydroxylation is 2. The summed E-state index contributed by atoms with van der Waals surface area (Å²) in [4.78, 5) is 2.43. The molecule has 1 aromatic rings. The molecule has 84 valence electrons. The first-order valence-electron chi connectivity index (χ1n) is 5.68. The zero-order chi connectivity index (χ0) is 10.8. The van der Waals surface area contributed by atoms with E-state index in [1.165, 1.54) is 5.69 Å². The van der Waals surface area contributed by atoms with Crippen LogP contribution in [0.25, 0.3) is 0 Å². The second kappa shape index (κ2) is 4.33. The highest BCUT2D eigenvalue weighted by Gasteiger charge is 2.25. The average molecular weight is 208 g/mol. The number of nitrogens with two attached hydrogens (primary N) is 1. The number of likely N-dealkylation sites (tertiary alicyclic amines) is 1. The summed E-state index contributed by atoms with van der Waals surface area (Å²) in [6.07, 6.45) is 0. The first kappa shape index (κ1) is 10.6. The molecule has 15 heavy (non-hydrogen) atoms. The summed E-state index contributed by atoms with van der Waals surface area (Å²) in [5, 5.41) is 4.45. The van der Waals surface area contributed by atoms with Gasteiger partial charge in [0.15, 0.2) is 0 Å². The van der Waals surface area contributed by atoms with Gasteiger partial charge in [-0.2, -0.15) is 5.10 Å².